The molecule has 10 nitrogen and oxygen atoms in total. The largest absolute Gasteiger partial charge is 0.508 e. The summed E-state index contributed by atoms with van der Waals surface area (Å²) in [7, 11) is 0. The molecule has 1 aromatic heterocycles. The summed E-state index contributed by atoms with van der Waals surface area (Å²) in [5.41, 5.74) is 4.44. The standard InChI is InChI=1S/C9H7N5O5/c10-8-7(12-19-13-8)9(16)11-5-2-1-4(15)3-6(5)14(17)18/h1-3,15H,(H2,10,13)(H,11,16). The number of nitrogens with one attached hydrogen (secondary N) is 1. The third-order valence-corrected chi connectivity index (χ3v) is 2.16. The molecule has 2 aromatic rings. The molecule has 4 N–H and O–H groups in total. The molecule has 2 rings (SSSR count). The van der Waals surface area contributed by atoms with Crippen molar-refractivity contribution in [3.05, 3.63) is 34.0 Å². The zero-order chi connectivity index (χ0) is 14.0. The number of anilines is 2. The molecule has 1 amide bonds. The number of benzene rings is 1. The molecule has 0 atom stereocenters. The first kappa shape index (κ1) is 12.3. The number of nitrogens with zero attached hydrogens (tertiary/aromatic N) is 3. The predicted octanol–water partition coefficient (Wildman–Crippen LogP) is 0.518. The van der Waals surface area contributed by atoms with Crippen LogP contribution in [0, 0.1) is 10.1 Å². The van der Waals surface area contributed by atoms with Crippen LogP contribution in [0.25, 0.3) is 0 Å². The molecular weight excluding hydrogens is 258 g/mol. The van der Waals surface area contributed by atoms with Crippen LogP contribution in [-0.4, -0.2) is 26.3 Å². The molecule has 0 aliphatic heterocycles. The summed E-state index contributed by atoms with van der Waals surface area (Å²) in [6, 6.07) is 3.27. The van der Waals surface area contributed by atoms with E-state index in [1.807, 2.05) is 0 Å². The Labute approximate surface area is 104 Å². The maximum Gasteiger partial charge on any atom is 0.296 e. The number of phenolic OH excluding ortho intramolecular Hbond substituents is 1. The van der Waals surface area contributed by atoms with Gasteiger partial charge < -0.3 is 16.2 Å². The lowest BCUT2D eigenvalue weighted by atomic mass is 10.2. The highest BCUT2D eigenvalue weighted by molar-refractivity contribution is 6.06. The van der Waals surface area contributed by atoms with Crippen molar-refractivity contribution in [2.24, 2.45) is 0 Å². The lowest BCUT2D eigenvalue weighted by Gasteiger charge is -2.04. The van der Waals surface area contributed by atoms with Crippen molar-refractivity contribution in [3.63, 3.8) is 0 Å². The number of nitro benzene ring substituents is 1. The molecule has 10 heteroatoms. The van der Waals surface area contributed by atoms with Crippen LogP contribution >= 0.6 is 0 Å². The number of aromatic nitrogens is 2. The van der Waals surface area contributed by atoms with Gasteiger partial charge in [-0.25, -0.2) is 4.63 Å². The van der Waals surface area contributed by atoms with E-state index >= 15 is 0 Å². The Morgan fingerprint density at radius 1 is 1.47 bits per heavy atom. The number of nitro groups is 1. The van der Waals surface area contributed by atoms with Crippen LogP contribution in [-0.2, 0) is 0 Å². The van der Waals surface area contributed by atoms with Gasteiger partial charge >= 0.3 is 0 Å². The van der Waals surface area contributed by atoms with E-state index in [0.717, 1.165) is 6.07 Å². The van der Waals surface area contributed by atoms with E-state index in [2.05, 4.69) is 20.3 Å². The number of rotatable bonds is 3. The summed E-state index contributed by atoms with van der Waals surface area (Å²) in [6.45, 7) is 0. The average molecular weight is 265 g/mol. The van der Waals surface area contributed by atoms with Crippen LogP contribution in [0.3, 0.4) is 0 Å². The Morgan fingerprint density at radius 2 is 2.21 bits per heavy atom. The molecule has 0 aliphatic carbocycles. The van der Waals surface area contributed by atoms with Crippen LogP contribution in [0.2, 0.25) is 0 Å². The molecule has 0 saturated heterocycles. The Hall–Kier alpha value is -3.17. The van der Waals surface area contributed by atoms with Gasteiger partial charge in [0.1, 0.15) is 11.4 Å². The summed E-state index contributed by atoms with van der Waals surface area (Å²) >= 11 is 0. The minimum Gasteiger partial charge on any atom is -0.508 e. The van der Waals surface area contributed by atoms with E-state index in [4.69, 9.17) is 5.73 Å². The Kier molecular flexibility index (Phi) is 2.98. The highest BCUT2D eigenvalue weighted by Gasteiger charge is 2.21. The normalized spacial score (nSPS) is 10.1. The van der Waals surface area contributed by atoms with Gasteiger partial charge in [-0.3, -0.25) is 14.9 Å². The fourth-order valence-corrected chi connectivity index (χ4v) is 1.31. The van der Waals surface area contributed by atoms with Gasteiger partial charge in [-0.05, 0) is 22.4 Å². The monoisotopic (exact) mass is 265 g/mol. The molecule has 0 fully saturated rings. The molecule has 0 saturated carbocycles. The molecule has 19 heavy (non-hydrogen) atoms. The van der Waals surface area contributed by atoms with Gasteiger partial charge in [0.05, 0.1) is 11.0 Å². The van der Waals surface area contributed by atoms with Crippen LogP contribution < -0.4 is 11.1 Å². The minimum absolute atomic E-state index is 0.116. The third kappa shape index (κ3) is 2.41. The maximum absolute atomic E-state index is 11.7. The zero-order valence-electron chi connectivity index (χ0n) is 9.23. The summed E-state index contributed by atoms with van der Waals surface area (Å²) < 4.78 is 4.24. The molecule has 1 aromatic carbocycles. The van der Waals surface area contributed by atoms with Gasteiger partial charge in [-0.15, -0.1) is 0 Å². The Bertz CT molecular complexity index is 652. The van der Waals surface area contributed by atoms with Gasteiger partial charge in [0.15, 0.2) is 0 Å². The number of carbonyl (C=O) groups is 1. The first-order valence-electron chi connectivity index (χ1n) is 4.86. The number of aromatic hydroxyl groups is 1. The highest BCUT2D eigenvalue weighted by Crippen LogP contribution is 2.28. The van der Waals surface area contributed by atoms with Crippen molar-refractivity contribution in [2.45, 2.75) is 0 Å². The number of hydrogen-bond donors (Lipinski definition) is 3. The second-order valence-corrected chi connectivity index (χ2v) is 3.41. The summed E-state index contributed by atoms with van der Waals surface area (Å²) in [5.74, 6) is -1.35. The topological polar surface area (TPSA) is 157 Å². The van der Waals surface area contributed by atoms with E-state index in [1.165, 1.54) is 12.1 Å². The minimum atomic E-state index is -0.812. The lowest BCUT2D eigenvalue weighted by Crippen LogP contribution is -2.15. The molecule has 0 spiro atoms. The molecular formula is C9H7N5O5. The van der Waals surface area contributed by atoms with Crippen LogP contribution in [0.4, 0.5) is 17.2 Å². The van der Waals surface area contributed by atoms with E-state index in [0.29, 0.717) is 0 Å². The average Bonchev–Trinajstić information content (AvgIpc) is 2.77. The predicted molar refractivity (Wildman–Crippen MR) is 61.4 cm³/mol. The zero-order valence-corrected chi connectivity index (χ0v) is 9.23. The molecule has 1 heterocycles. The van der Waals surface area contributed by atoms with Gasteiger partial charge in [-0.2, -0.15) is 0 Å². The first-order valence-corrected chi connectivity index (χ1v) is 4.86. The van der Waals surface area contributed by atoms with Crippen molar-refractivity contribution < 1.29 is 19.5 Å². The van der Waals surface area contributed by atoms with E-state index in [-0.39, 0.29) is 22.9 Å². The first-order chi connectivity index (χ1) is 8.99. The summed E-state index contributed by atoms with van der Waals surface area (Å²) in [6.07, 6.45) is 0. The summed E-state index contributed by atoms with van der Waals surface area (Å²) in [4.78, 5) is 21.7. The van der Waals surface area contributed by atoms with Crippen LogP contribution in [0.15, 0.2) is 22.8 Å². The number of nitrogens with two attached hydrogens (primary N) is 1. The van der Waals surface area contributed by atoms with Crippen molar-refractivity contribution in [3.8, 4) is 5.75 Å². The smallest absolute Gasteiger partial charge is 0.296 e. The Balaban J connectivity index is 2.32. The fourth-order valence-electron chi connectivity index (χ4n) is 1.31. The van der Waals surface area contributed by atoms with Gasteiger partial charge in [0.2, 0.25) is 11.5 Å². The maximum atomic E-state index is 11.7. The number of nitrogen functional groups attached to an aromatic ring is 1. The fraction of sp³-hybridized carbons (Fsp3) is 0. The van der Waals surface area contributed by atoms with Gasteiger partial charge in [0, 0.05) is 0 Å². The third-order valence-electron chi connectivity index (χ3n) is 2.16. The quantitative estimate of drug-likeness (QED) is 0.411. The highest BCUT2D eigenvalue weighted by atomic mass is 16.6. The van der Waals surface area contributed by atoms with Crippen molar-refractivity contribution >= 4 is 23.1 Å². The Morgan fingerprint density at radius 3 is 2.79 bits per heavy atom. The van der Waals surface area contributed by atoms with Gasteiger partial charge in [0.25, 0.3) is 11.6 Å². The SMILES string of the molecule is Nc1nonc1C(=O)Nc1ccc(O)cc1[N+](=O)[O-]. The number of hydrogen-bond acceptors (Lipinski definition) is 8. The van der Waals surface area contributed by atoms with Crippen molar-refractivity contribution in [1.29, 1.82) is 0 Å². The van der Waals surface area contributed by atoms with Crippen LogP contribution in [0.1, 0.15) is 10.5 Å². The van der Waals surface area contributed by atoms with E-state index in [1.54, 1.807) is 0 Å². The molecule has 0 bridgehead atoms. The number of carbonyl (C=O) groups excluding carboxylic acids is 1. The van der Waals surface area contributed by atoms with E-state index < -0.39 is 16.5 Å². The number of amides is 1. The molecule has 0 unspecified atom stereocenters. The van der Waals surface area contributed by atoms with Gasteiger partial charge in [-0.1, -0.05) is 0 Å². The van der Waals surface area contributed by atoms with Crippen molar-refractivity contribution in [2.75, 3.05) is 11.1 Å². The van der Waals surface area contributed by atoms with Crippen molar-refractivity contribution in [1.82, 2.24) is 10.3 Å². The second kappa shape index (κ2) is 4.60. The summed E-state index contributed by atoms with van der Waals surface area (Å²) in [5, 5.41) is 28.7. The molecule has 0 radical (unpaired) electrons. The van der Waals surface area contributed by atoms with E-state index in [9.17, 15) is 20.0 Å². The van der Waals surface area contributed by atoms with Crippen LogP contribution in [0.5, 0.6) is 5.75 Å². The number of phenols is 1. The second-order valence-electron chi connectivity index (χ2n) is 3.41. The molecule has 0 aliphatic rings. The molecule has 98 valence electrons. The lowest BCUT2D eigenvalue weighted by molar-refractivity contribution is -0.384.